The van der Waals surface area contributed by atoms with Crippen molar-refractivity contribution < 1.29 is 45.1 Å². The Labute approximate surface area is 238 Å². The molecule has 13 heteroatoms. The van der Waals surface area contributed by atoms with Crippen molar-refractivity contribution in [2.24, 2.45) is 0 Å². The van der Waals surface area contributed by atoms with E-state index < -0.39 is 63.5 Å². The highest BCUT2D eigenvalue weighted by Gasteiger charge is 2.58. The predicted molar refractivity (Wildman–Crippen MR) is 139 cm³/mol. The Morgan fingerprint density at radius 2 is 1.50 bits per heavy atom. The number of alkyl halides is 6. The van der Waals surface area contributed by atoms with E-state index in [0.717, 1.165) is 4.90 Å². The number of hydrogen-bond acceptors (Lipinski definition) is 4. The van der Waals surface area contributed by atoms with Crippen LogP contribution in [0.2, 0.25) is 0 Å². The summed E-state index contributed by atoms with van der Waals surface area (Å²) in [5.41, 5.74) is -6.03. The zero-order valence-corrected chi connectivity index (χ0v) is 23.5. The van der Waals surface area contributed by atoms with Gasteiger partial charge in [-0.15, -0.1) is 0 Å². The Balaban J connectivity index is 1.85. The first kappa shape index (κ1) is 31.7. The van der Waals surface area contributed by atoms with E-state index in [1.807, 2.05) is 0 Å². The van der Waals surface area contributed by atoms with Crippen molar-refractivity contribution in [3.63, 3.8) is 0 Å². The zero-order chi connectivity index (χ0) is 31.3. The molecule has 0 aromatic heterocycles. The first-order chi connectivity index (χ1) is 19.4. The number of aryl methyl sites for hydroxylation is 1. The molecule has 0 unspecified atom stereocenters. The summed E-state index contributed by atoms with van der Waals surface area (Å²) in [6.45, 7) is 5.25. The molecule has 230 valence electrons. The maximum Gasteiger partial charge on any atom is 0.416 e. The number of halogens is 7. The molecule has 42 heavy (non-hydrogen) atoms. The van der Waals surface area contributed by atoms with Crippen LogP contribution in [0.3, 0.4) is 0 Å². The number of carbonyl (C=O) groups excluding carboxylic acids is 2. The van der Waals surface area contributed by atoms with Gasteiger partial charge in [0.1, 0.15) is 11.4 Å². The van der Waals surface area contributed by atoms with Gasteiger partial charge in [-0.05, 0) is 67.8 Å². The molecule has 0 aliphatic carbocycles. The van der Waals surface area contributed by atoms with Crippen LogP contribution in [-0.2, 0) is 32.1 Å². The highest BCUT2D eigenvalue weighted by Crippen LogP contribution is 2.43. The quantitative estimate of drug-likeness (QED) is 0.495. The van der Waals surface area contributed by atoms with Crippen LogP contribution in [0.4, 0.5) is 30.7 Å². The van der Waals surface area contributed by atoms with Crippen LogP contribution in [0.15, 0.2) is 36.4 Å². The molecule has 2 heterocycles. The van der Waals surface area contributed by atoms with Gasteiger partial charge < -0.3 is 19.9 Å². The molecule has 0 radical (unpaired) electrons. The summed E-state index contributed by atoms with van der Waals surface area (Å²) in [7, 11) is 1.33. The van der Waals surface area contributed by atoms with Gasteiger partial charge in [-0.1, -0.05) is 6.07 Å². The third-order valence-electron chi connectivity index (χ3n) is 8.34. The number of benzene rings is 2. The number of rotatable bonds is 5. The number of ether oxygens (including phenoxy) is 1. The molecule has 0 spiro atoms. The van der Waals surface area contributed by atoms with Crippen LogP contribution >= 0.6 is 0 Å². The minimum Gasteiger partial charge on any atom is -0.378 e. The van der Waals surface area contributed by atoms with Crippen molar-refractivity contribution in [1.82, 2.24) is 15.1 Å². The van der Waals surface area contributed by atoms with Crippen LogP contribution in [-0.4, -0.2) is 73.6 Å². The largest absolute Gasteiger partial charge is 0.416 e. The summed E-state index contributed by atoms with van der Waals surface area (Å²) in [5.74, 6) is -2.51. The van der Waals surface area contributed by atoms with Gasteiger partial charge in [-0.25, -0.2) is 4.39 Å². The van der Waals surface area contributed by atoms with Gasteiger partial charge in [-0.3, -0.25) is 9.59 Å². The van der Waals surface area contributed by atoms with Crippen molar-refractivity contribution in [3.8, 4) is 0 Å². The van der Waals surface area contributed by atoms with E-state index in [4.69, 9.17) is 4.74 Å². The van der Waals surface area contributed by atoms with Crippen molar-refractivity contribution >= 4 is 11.8 Å². The van der Waals surface area contributed by atoms with Crippen molar-refractivity contribution in [3.05, 3.63) is 70.0 Å². The molecule has 2 aromatic rings. The summed E-state index contributed by atoms with van der Waals surface area (Å²) < 4.78 is 101. The molecule has 0 saturated carbocycles. The second-order valence-corrected chi connectivity index (χ2v) is 11.3. The molecule has 2 aliphatic rings. The van der Waals surface area contributed by atoms with Gasteiger partial charge in [0.05, 0.1) is 29.8 Å². The van der Waals surface area contributed by atoms with Gasteiger partial charge in [0, 0.05) is 39.1 Å². The average molecular weight is 604 g/mol. The lowest BCUT2D eigenvalue weighted by molar-refractivity contribution is -0.157. The summed E-state index contributed by atoms with van der Waals surface area (Å²) in [6, 6.07) is 5.13. The number of hydrogen-bond donors (Lipinski definition) is 1. The number of amides is 2. The lowest BCUT2D eigenvalue weighted by Gasteiger charge is -2.47. The molecule has 6 nitrogen and oxygen atoms in total. The lowest BCUT2D eigenvalue weighted by Crippen LogP contribution is -2.66. The molecule has 2 fully saturated rings. The smallest absolute Gasteiger partial charge is 0.378 e. The highest BCUT2D eigenvalue weighted by atomic mass is 19.4. The fraction of sp³-hybridized carbons (Fsp3) is 0.517. The predicted octanol–water partition coefficient (Wildman–Crippen LogP) is 4.89. The topological polar surface area (TPSA) is 61.9 Å². The number of nitrogens with zero attached hydrogens (tertiary/aromatic N) is 2. The normalized spacial score (nSPS) is 21.9. The number of likely N-dealkylation sites (N-methyl/N-ethyl adjacent to an activating group) is 1. The second kappa shape index (κ2) is 11.1. The van der Waals surface area contributed by atoms with Crippen LogP contribution in [0.5, 0.6) is 0 Å². The molecule has 2 atom stereocenters. The fourth-order valence-electron chi connectivity index (χ4n) is 5.90. The molecule has 2 saturated heterocycles. The minimum absolute atomic E-state index is 0.00540. The molecular formula is C29H32F7N3O3. The van der Waals surface area contributed by atoms with Crippen LogP contribution < -0.4 is 5.32 Å². The van der Waals surface area contributed by atoms with Gasteiger partial charge in [-0.2, -0.15) is 26.3 Å². The van der Waals surface area contributed by atoms with E-state index >= 15 is 0 Å². The minimum atomic E-state index is -5.10. The molecule has 1 N–H and O–H groups in total. The van der Waals surface area contributed by atoms with Crippen molar-refractivity contribution in [2.75, 3.05) is 46.4 Å². The fourth-order valence-corrected chi connectivity index (χ4v) is 5.90. The van der Waals surface area contributed by atoms with E-state index in [0.29, 0.717) is 23.3 Å². The van der Waals surface area contributed by atoms with Gasteiger partial charge in [0.25, 0.3) is 5.91 Å². The molecule has 0 bridgehead atoms. The van der Waals surface area contributed by atoms with Crippen molar-refractivity contribution in [2.45, 2.75) is 50.0 Å². The standard InChI is InChI=1S/C29H32F7N3O3/c1-17-11-21(30)5-6-22(17)23-15-37-16-27(23,25(41)39-7-9-42-10-8-39)38(4)24(40)26(2,3)18-12-19(28(31,32)33)14-20(13-18)29(34,35)36/h5-6,11-14,23,37H,7-10,15-16H2,1-4H3/t23-,27+/m0/s1. The Kier molecular flexibility index (Phi) is 8.42. The molecular weight excluding hydrogens is 571 g/mol. The van der Waals surface area contributed by atoms with E-state index in [-0.39, 0.29) is 45.5 Å². The highest BCUT2D eigenvalue weighted by molar-refractivity contribution is 5.96. The Morgan fingerprint density at radius 1 is 0.952 bits per heavy atom. The molecule has 2 aromatic carbocycles. The summed E-state index contributed by atoms with van der Waals surface area (Å²) in [4.78, 5) is 31.3. The first-order valence-electron chi connectivity index (χ1n) is 13.3. The SMILES string of the molecule is Cc1cc(F)ccc1[C@@H]1CNC[C@@]1(C(=O)N1CCOCC1)N(C)C(=O)C(C)(C)c1cc(C(F)(F)F)cc(C(F)(F)F)c1. The van der Waals surface area contributed by atoms with Gasteiger partial charge in [0.15, 0.2) is 0 Å². The Morgan fingerprint density at radius 3 is 2.02 bits per heavy atom. The van der Waals surface area contributed by atoms with Crippen LogP contribution in [0, 0.1) is 12.7 Å². The number of carbonyl (C=O) groups is 2. The molecule has 2 amide bonds. The van der Waals surface area contributed by atoms with E-state index in [1.165, 1.54) is 44.0 Å². The van der Waals surface area contributed by atoms with Crippen molar-refractivity contribution in [1.29, 1.82) is 0 Å². The van der Waals surface area contributed by atoms with Crippen LogP contribution in [0.25, 0.3) is 0 Å². The van der Waals surface area contributed by atoms with E-state index in [9.17, 15) is 40.3 Å². The Hall–Kier alpha value is -3.19. The molecule has 2 aliphatic heterocycles. The second-order valence-electron chi connectivity index (χ2n) is 11.3. The maximum atomic E-state index is 14.3. The number of morpholine rings is 1. The monoisotopic (exact) mass is 603 g/mol. The number of nitrogens with one attached hydrogen (secondary N) is 1. The van der Waals surface area contributed by atoms with Gasteiger partial charge in [0.2, 0.25) is 5.91 Å². The lowest BCUT2D eigenvalue weighted by atomic mass is 9.75. The summed E-state index contributed by atoms with van der Waals surface area (Å²) >= 11 is 0. The Bertz CT molecular complexity index is 1320. The third kappa shape index (κ3) is 5.72. The third-order valence-corrected chi connectivity index (χ3v) is 8.34. The van der Waals surface area contributed by atoms with E-state index in [1.54, 1.807) is 6.92 Å². The maximum absolute atomic E-state index is 14.3. The average Bonchev–Trinajstić information content (AvgIpc) is 3.36. The zero-order valence-electron chi connectivity index (χ0n) is 23.5. The van der Waals surface area contributed by atoms with E-state index in [2.05, 4.69) is 5.32 Å². The summed E-state index contributed by atoms with van der Waals surface area (Å²) in [6.07, 6.45) is -10.2. The first-order valence-corrected chi connectivity index (χ1v) is 13.3. The van der Waals surface area contributed by atoms with Crippen LogP contribution in [0.1, 0.15) is 47.6 Å². The summed E-state index contributed by atoms with van der Waals surface area (Å²) in [5, 5.41) is 3.14. The molecule has 4 rings (SSSR count). The van der Waals surface area contributed by atoms with Gasteiger partial charge >= 0.3 is 12.4 Å².